The van der Waals surface area contributed by atoms with Crippen LogP contribution in [0, 0.1) is 0 Å². The molecule has 0 aliphatic carbocycles. The van der Waals surface area contributed by atoms with E-state index in [0.717, 1.165) is 89.1 Å². The highest BCUT2D eigenvalue weighted by molar-refractivity contribution is 6.07. The molecule has 2 aliphatic heterocycles. The van der Waals surface area contributed by atoms with E-state index < -0.39 is 0 Å². The summed E-state index contributed by atoms with van der Waals surface area (Å²) in [6.07, 6.45) is 0. The maximum Gasteiger partial charge on any atom is 0.164 e. The van der Waals surface area contributed by atoms with Crippen molar-refractivity contribution in [1.29, 1.82) is 0 Å². The lowest BCUT2D eigenvalue weighted by molar-refractivity contribution is 0.453. The van der Waals surface area contributed by atoms with Gasteiger partial charge in [0.15, 0.2) is 23.3 Å². The average Bonchev–Trinajstić information content (AvgIpc) is 1.57. The first kappa shape index (κ1) is 68.8. The second kappa shape index (κ2) is 24.0. The number of aromatic amines is 2. The van der Waals surface area contributed by atoms with Crippen molar-refractivity contribution in [3.8, 4) is 91.5 Å². The Morgan fingerprint density at radius 1 is 0.220 bits per heavy atom. The molecule has 12 heteroatoms. The van der Waals surface area contributed by atoms with Crippen molar-refractivity contribution in [1.82, 2.24) is 39.9 Å². The van der Waals surface area contributed by atoms with Gasteiger partial charge in [-0.2, -0.15) is 0 Å². The van der Waals surface area contributed by atoms with E-state index in [0.29, 0.717) is 68.9 Å². The first-order chi connectivity index (χ1) is 46.5. The maximum absolute atomic E-state index is 7.02. The predicted molar refractivity (Wildman–Crippen MR) is 412 cm³/mol. The van der Waals surface area contributed by atoms with Gasteiger partial charge in [0, 0.05) is 66.1 Å². The summed E-state index contributed by atoms with van der Waals surface area (Å²) in [6.45, 7) is 53.6. The van der Waals surface area contributed by atoms with Gasteiger partial charge in [0.25, 0.3) is 0 Å². The van der Waals surface area contributed by atoms with Gasteiger partial charge in [0.05, 0.1) is 0 Å². The largest absolute Gasteiger partial charge is 0.457 e. The number of H-pyrrole nitrogens is 2. The molecule has 12 nitrogen and oxygen atoms in total. The molecule has 0 fully saturated rings. The lowest BCUT2D eigenvalue weighted by Crippen LogP contribution is -2.17. The van der Waals surface area contributed by atoms with Gasteiger partial charge in [-0.25, -0.2) is 29.9 Å². The Labute approximate surface area is 590 Å². The van der Waals surface area contributed by atoms with Crippen molar-refractivity contribution < 1.29 is 18.9 Å². The lowest BCUT2D eigenvalue weighted by Gasteiger charge is -2.27. The number of fused-ring (bicyclic) bond motifs is 20. The van der Waals surface area contributed by atoms with E-state index >= 15 is 0 Å². The standard InChI is InChI=1S/C88H98N8O4/c1-81(2,3)49-25-37-69(65(41-49)85(13,14)15)97-53-29-33-57-61(45-53)77-90-73(57)89-74-58-34-30-55(99-71-39-27-51(83(7,8)9)43-67(71)87(19,20)21)47-63(58)79(91-74)96-80-64-48-56(100-72-40-28-52(84(10,11)12)44-68(72)88(22,23)24)32-36-60(64)76(95-80)94-78-62-46-54(31-35-59(62)75(92-77)93-78)98-70-38-26-50(82(4,5)6)42-66(70)86(16,17)18/h25-48H,1-24H3,(H2,89,90,91,92,93,94,95,96). The van der Waals surface area contributed by atoms with E-state index in [1.807, 2.05) is 72.8 Å². The van der Waals surface area contributed by atoms with Crippen LogP contribution in [0.3, 0.4) is 0 Å². The smallest absolute Gasteiger partial charge is 0.164 e. The number of aromatic nitrogens is 8. The van der Waals surface area contributed by atoms with Crippen LogP contribution >= 0.6 is 0 Å². The molecule has 100 heavy (non-hydrogen) atoms. The number of hydrogen-bond donors (Lipinski definition) is 2. The van der Waals surface area contributed by atoms with E-state index in [2.05, 4.69) is 249 Å². The zero-order chi connectivity index (χ0) is 71.9. The Bertz CT molecular complexity index is 5280. The molecule has 2 N–H and O–H groups in total. The van der Waals surface area contributed by atoms with Crippen LogP contribution in [0.5, 0.6) is 46.0 Å². The molecular weight excluding hydrogens is 1230 g/mol. The second-order valence-electron chi connectivity index (χ2n) is 35.7. The van der Waals surface area contributed by atoms with Gasteiger partial charge in [-0.3, -0.25) is 0 Å². The quantitative estimate of drug-likeness (QED) is 0.151. The van der Waals surface area contributed by atoms with E-state index in [1.54, 1.807) is 0 Å². The molecule has 13 rings (SSSR count). The molecule has 0 saturated carbocycles. The van der Waals surface area contributed by atoms with Gasteiger partial charge in [-0.05, 0) is 163 Å². The summed E-state index contributed by atoms with van der Waals surface area (Å²) in [6, 6.07) is 50.5. The molecule has 0 unspecified atom stereocenters. The number of rotatable bonds is 8. The third-order valence-corrected chi connectivity index (χ3v) is 19.2. The molecule has 3 aromatic heterocycles. The number of hydrogen-bond acceptors (Lipinski definition) is 10. The summed E-state index contributed by atoms with van der Waals surface area (Å²) in [5.41, 5.74) is 13.4. The molecule has 11 aromatic rings. The van der Waals surface area contributed by atoms with Crippen molar-refractivity contribution in [2.24, 2.45) is 0 Å². The Balaban J connectivity index is 1.07. The molecule has 514 valence electrons. The summed E-state index contributed by atoms with van der Waals surface area (Å²) in [5, 5.41) is 3.12. The Hall–Kier alpha value is -9.68. The van der Waals surface area contributed by atoms with Gasteiger partial charge in [0.1, 0.15) is 68.6 Å². The minimum absolute atomic E-state index is 0.0535. The molecular formula is C88H98N8O4. The molecule has 2 aliphatic rings. The minimum Gasteiger partial charge on any atom is -0.457 e. The number of ether oxygens (including phenoxy) is 4. The fraction of sp³-hybridized carbons (Fsp3) is 0.364. The molecule has 5 heterocycles. The molecule has 8 aromatic carbocycles. The molecule has 0 atom stereocenters. The zero-order valence-corrected chi connectivity index (χ0v) is 63.2. The monoisotopic (exact) mass is 1330 g/mol. The van der Waals surface area contributed by atoms with Gasteiger partial charge in [-0.1, -0.05) is 215 Å². The maximum atomic E-state index is 7.02. The summed E-state index contributed by atoms with van der Waals surface area (Å²) >= 11 is 0. The Morgan fingerprint density at radius 3 is 0.720 bits per heavy atom. The van der Waals surface area contributed by atoms with Gasteiger partial charge in [-0.15, -0.1) is 0 Å². The summed E-state index contributed by atoms with van der Waals surface area (Å²) < 4.78 is 28.0. The van der Waals surface area contributed by atoms with Crippen LogP contribution in [0.4, 0.5) is 0 Å². The fourth-order valence-electron chi connectivity index (χ4n) is 13.2. The van der Waals surface area contributed by atoms with Crippen molar-refractivity contribution in [3.63, 3.8) is 0 Å². The van der Waals surface area contributed by atoms with E-state index in [-0.39, 0.29) is 43.3 Å². The summed E-state index contributed by atoms with van der Waals surface area (Å²) in [4.78, 5) is 40.3. The summed E-state index contributed by atoms with van der Waals surface area (Å²) in [7, 11) is 0. The molecule has 0 spiro atoms. The van der Waals surface area contributed by atoms with Crippen LogP contribution in [0.1, 0.15) is 211 Å². The average molecular weight is 1330 g/mol. The normalized spacial score (nSPS) is 13.2. The van der Waals surface area contributed by atoms with Gasteiger partial charge in [0.2, 0.25) is 0 Å². The van der Waals surface area contributed by atoms with Crippen LogP contribution < -0.4 is 18.9 Å². The zero-order valence-electron chi connectivity index (χ0n) is 63.2. The van der Waals surface area contributed by atoms with Gasteiger partial charge < -0.3 is 28.9 Å². The number of nitrogens with zero attached hydrogens (tertiary/aromatic N) is 6. The van der Waals surface area contributed by atoms with E-state index in [9.17, 15) is 0 Å². The highest BCUT2D eigenvalue weighted by Crippen LogP contribution is 2.47. The molecule has 0 saturated heterocycles. The van der Waals surface area contributed by atoms with Crippen LogP contribution in [0.2, 0.25) is 0 Å². The molecule has 8 bridgehead atoms. The second-order valence-corrected chi connectivity index (χ2v) is 35.7. The predicted octanol–water partition coefficient (Wildman–Crippen LogP) is 24.4. The van der Waals surface area contributed by atoms with Crippen molar-refractivity contribution in [2.75, 3.05) is 0 Å². The van der Waals surface area contributed by atoms with Crippen molar-refractivity contribution >= 4 is 44.1 Å². The van der Waals surface area contributed by atoms with E-state index in [4.69, 9.17) is 48.9 Å². The SMILES string of the molecule is CC(C)(C)c1ccc(Oc2ccc3c(c2)-c2nc-3nc3[nH]c(nc4nc(nc5[nH]c(n2)c2ccc(Oc6ccc(C(C)(C)C)cc6C(C)(C)C)cc52)-c2cc(Oc5ccc(C(C)(C)C)cc5C(C)(C)C)ccc2-4)c2ccc(Oc4ccc(C(C)(C)C)cc4C(C)(C)C)cc32)c(C(C)(C)C)c1. The molecule has 0 radical (unpaired) electrons. The van der Waals surface area contributed by atoms with Crippen LogP contribution in [-0.2, 0) is 43.3 Å². The highest BCUT2D eigenvalue weighted by atomic mass is 16.5. The van der Waals surface area contributed by atoms with Crippen molar-refractivity contribution in [2.45, 2.75) is 209 Å². The first-order valence-electron chi connectivity index (χ1n) is 35.2. The number of nitrogens with one attached hydrogen (secondary N) is 2. The molecule has 0 amide bonds. The fourth-order valence-corrected chi connectivity index (χ4v) is 13.2. The van der Waals surface area contributed by atoms with E-state index in [1.165, 1.54) is 22.3 Å². The van der Waals surface area contributed by atoms with Crippen LogP contribution in [0.25, 0.3) is 89.7 Å². The van der Waals surface area contributed by atoms with Gasteiger partial charge >= 0.3 is 0 Å². The van der Waals surface area contributed by atoms with Crippen LogP contribution in [0.15, 0.2) is 146 Å². The Morgan fingerprint density at radius 2 is 0.460 bits per heavy atom. The minimum atomic E-state index is -0.221. The summed E-state index contributed by atoms with van der Waals surface area (Å²) in [5.74, 6) is 7.40. The van der Waals surface area contributed by atoms with Crippen molar-refractivity contribution in [3.05, 3.63) is 190 Å². The lowest BCUT2D eigenvalue weighted by atomic mass is 9.80. The third-order valence-electron chi connectivity index (χ3n) is 19.2. The van der Waals surface area contributed by atoms with Crippen LogP contribution in [-0.4, -0.2) is 39.9 Å². The first-order valence-corrected chi connectivity index (χ1v) is 35.2. The highest BCUT2D eigenvalue weighted by Gasteiger charge is 2.31. The topological polar surface area (TPSA) is 146 Å². The Kier molecular flexibility index (Phi) is 16.5. The third kappa shape index (κ3) is 13.6. The number of benzene rings is 8.